The molecule has 0 amide bonds. The van der Waals surface area contributed by atoms with Crippen LogP contribution in [0.1, 0.15) is 12.5 Å². The van der Waals surface area contributed by atoms with Gasteiger partial charge in [-0.05, 0) is 58.7 Å². The van der Waals surface area contributed by atoms with Gasteiger partial charge in [-0.15, -0.1) is 11.8 Å². The Morgan fingerprint density at radius 1 is 1.26 bits per heavy atom. The van der Waals surface area contributed by atoms with Gasteiger partial charge in [-0.25, -0.2) is 0 Å². The summed E-state index contributed by atoms with van der Waals surface area (Å²) in [5.74, 6) is 0.960. The molecule has 0 heterocycles. The van der Waals surface area contributed by atoms with Crippen molar-refractivity contribution in [1.82, 2.24) is 0 Å². The van der Waals surface area contributed by atoms with Gasteiger partial charge < -0.3 is 5.32 Å². The Balaban J connectivity index is 2.35. The molecule has 4 heteroatoms. The monoisotopic (exact) mass is 380 g/mol. The minimum atomic E-state index is 0.716. The number of nitrogens with one attached hydrogen (secondary N) is 1. The van der Waals surface area contributed by atoms with Crippen LogP contribution in [-0.4, -0.2) is 5.75 Å². The van der Waals surface area contributed by atoms with Crippen LogP contribution < -0.4 is 5.32 Å². The Hall–Kier alpha value is -1.19. The Labute approximate surface area is 131 Å². The summed E-state index contributed by atoms with van der Waals surface area (Å²) >= 11 is 3.97. The predicted octanol–water partition coefficient (Wildman–Crippen LogP) is 5.02. The zero-order chi connectivity index (χ0) is 13.7. The molecule has 0 fully saturated rings. The minimum absolute atomic E-state index is 0.716. The van der Waals surface area contributed by atoms with E-state index in [0.29, 0.717) is 5.56 Å². The van der Waals surface area contributed by atoms with E-state index in [1.165, 1.54) is 3.57 Å². The number of rotatable bonds is 4. The summed E-state index contributed by atoms with van der Waals surface area (Å²) in [7, 11) is 0. The van der Waals surface area contributed by atoms with Gasteiger partial charge in [0.25, 0.3) is 0 Å². The fourth-order valence-corrected chi connectivity index (χ4v) is 3.08. The summed E-state index contributed by atoms with van der Waals surface area (Å²) in [6.07, 6.45) is 0. The molecular formula is C15H13IN2S. The van der Waals surface area contributed by atoms with Gasteiger partial charge in [0.05, 0.1) is 11.3 Å². The van der Waals surface area contributed by atoms with Crippen LogP contribution in [0.3, 0.4) is 0 Å². The molecule has 19 heavy (non-hydrogen) atoms. The fraction of sp³-hybridized carbons (Fsp3) is 0.133. The topological polar surface area (TPSA) is 35.8 Å². The smallest absolute Gasteiger partial charge is 0.103 e. The van der Waals surface area contributed by atoms with Crippen LogP contribution in [-0.2, 0) is 0 Å². The van der Waals surface area contributed by atoms with Gasteiger partial charge in [-0.1, -0.05) is 19.1 Å². The lowest BCUT2D eigenvalue weighted by atomic mass is 10.2. The van der Waals surface area contributed by atoms with Crippen molar-refractivity contribution < 1.29 is 0 Å². The highest BCUT2D eigenvalue weighted by atomic mass is 127. The lowest BCUT2D eigenvalue weighted by Gasteiger charge is -2.11. The van der Waals surface area contributed by atoms with Gasteiger partial charge in [-0.3, -0.25) is 0 Å². The van der Waals surface area contributed by atoms with Crippen molar-refractivity contribution in [3.05, 3.63) is 51.6 Å². The van der Waals surface area contributed by atoms with E-state index in [1.54, 1.807) is 11.8 Å². The number of nitrogens with zero attached hydrogens (tertiary/aromatic N) is 1. The second-order valence-electron chi connectivity index (χ2n) is 3.86. The van der Waals surface area contributed by atoms with Gasteiger partial charge in [0.15, 0.2) is 0 Å². The third-order valence-corrected chi connectivity index (χ3v) is 4.15. The highest BCUT2D eigenvalue weighted by molar-refractivity contribution is 14.1. The average molecular weight is 380 g/mol. The lowest BCUT2D eigenvalue weighted by Crippen LogP contribution is -1.95. The van der Waals surface area contributed by atoms with Crippen LogP contribution in [0.15, 0.2) is 47.4 Å². The molecule has 0 unspecified atom stereocenters. The SMILES string of the molecule is CCSc1cccc(Nc2cccc(I)c2)c1C#N. The fourth-order valence-electron chi connectivity index (χ4n) is 1.75. The highest BCUT2D eigenvalue weighted by Crippen LogP contribution is 2.30. The summed E-state index contributed by atoms with van der Waals surface area (Å²) < 4.78 is 1.17. The first kappa shape index (κ1) is 14.2. The number of hydrogen-bond acceptors (Lipinski definition) is 3. The maximum Gasteiger partial charge on any atom is 0.103 e. The number of halogens is 1. The molecule has 0 bridgehead atoms. The van der Waals surface area contributed by atoms with E-state index >= 15 is 0 Å². The molecular weight excluding hydrogens is 367 g/mol. The van der Waals surface area contributed by atoms with E-state index in [-0.39, 0.29) is 0 Å². The zero-order valence-electron chi connectivity index (χ0n) is 10.5. The standard InChI is InChI=1S/C15H13IN2S/c1-2-19-15-8-4-7-14(13(15)10-17)18-12-6-3-5-11(16)9-12/h3-9,18H,2H2,1H3. The van der Waals surface area contributed by atoms with Crippen molar-refractivity contribution in [2.45, 2.75) is 11.8 Å². The third-order valence-electron chi connectivity index (χ3n) is 2.54. The summed E-state index contributed by atoms with van der Waals surface area (Å²) in [6, 6.07) is 16.3. The molecule has 0 radical (unpaired) electrons. The summed E-state index contributed by atoms with van der Waals surface area (Å²) in [5, 5.41) is 12.7. The molecule has 0 saturated carbocycles. The van der Waals surface area contributed by atoms with Gasteiger partial charge >= 0.3 is 0 Å². The normalized spacial score (nSPS) is 9.95. The summed E-state index contributed by atoms with van der Waals surface area (Å²) in [5.41, 5.74) is 2.58. The lowest BCUT2D eigenvalue weighted by molar-refractivity contribution is 1.34. The molecule has 0 aromatic heterocycles. The van der Waals surface area contributed by atoms with Gasteiger partial charge in [0.1, 0.15) is 6.07 Å². The third kappa shape index (κ3) is 3.64. The van der Waals surface area contributed by atoms with Crippen LogP contribution in [0.2, 0.25) is 0 Å². The maximum atomic E-state index is 9.35. The van der Waals surface area contributed by atoms with E-state index in [9.17, 15) is 5.26 Å². The Morgan fingerprint density at radius 2 is 2.05 bits per heavy atom. The van der Waals surface area contributed by atoms with Gasteiger partial charge in [0.2, 0.25) is 0 Å². The molecule has 0 aliphatic rings. The molecule has 2 aromatic carbocycles. The van der Waals surface area contributed by atoms with E-state index < -0.39 is 0 Å². The number of anilines is 2. The second-order valence-corrected chi connectivity index (χ2v) is 6.41. The molecule has 96 valence electrons. The summed E-state index contributed by atoms with van der Waals surface area (Å²) in [4.78, 5) is 1.03. The van der Waals surface area contributed by atoms with Crippen LogP contribution in [0, 0.1) is 14.9 Å². The maximum absolute atomic E-state index is 9.35. The van der Waals surface area contributed by atoms with Gasteiger partial charge in [-0.2, -0.15) is 5.26 Å². The number of thioether (sulfide) groups is 1. The molecule has 0 spiro atoms. The summed E-state index contributed by atoms with van der Waals surface area (Å²) in [6.45, 7) is 2.09. The van der Waals surface area contributed by atoms with Crippen molar-refractivity contribution in [2.75, 3.05) is 11.1 Å². The predicted molar refractivity (Wildman–Crippen MR) is 90.0 cm³/mol. The molecule has 0 aliphatic carbocycles. The minimum Gasteiger partial charge on any atom is -0.354 e. The Bertz CT molecular complexity index is 620. The molecule has 0 atom stereocenters. The number of nitriles is 1. The quantitative estimate of drug-likeness (QED) is 0.598. The van der Waals surface area contributed by atoms with E-state index in [1.807, 2.05) is 36.4 Å². The largest absolute Gasteiger partial charge is 0.354 e. The van der Waals surface area contributed by atoms with Crippen molar-refractivity contribution in [1.29, 1.82) is 5.26 Å². The van der Waals surface area contributed by atoms with Crippen molar-refractivity contribution in [2.24, 2.45) is 0 Å². The van der Waals surface area contributed by atoms with Gasteiger partial charge in [0, 0.05) is 14.2 Å². The first-order valence-corrected chi connectivity index (χ1v) is 7.99. The van der Waals surface area contributed by atoms with E-state index in [0.717, 1.165) is 22.0 Å². The Kier molecular flexibility index (Phi) is 5.11. The molecule has 2 nitrogen and oxygen atoms in total. The molecule has 1 N–H and O–H groups in total. The molecule has 2 aromatic rings. The average Bonchev–Trinajstić information content (AvgIpc) is 2.39. The van der Waals surface area contributed by atoms with Crippen molar-refractivity contribution in [3.8, 4) is 6.07 Å². The van der Waals surface area contributed by atoms with Crippen molar-refractivity contribution in [3.63, 3.8) is 0 Å². The van der Waals surface area contributed by atoms with Crippen LogP contribution in [0.4, 0.5) is 11.4 Å². The zero-order valence-corrected chi connectivity index (χ0v) is 13.5. The molecule has 0 saturated heterocycles. The van der Waals surface area contributed by atoms with Crippen LogP contribution in [0.5, 0.6) is 0 Å². The second kappa shape index (κ2) is 6.83. The number of benzene rings is 2. The first-order valence-electron chi connectivity index (χ1n) is 5.93. The van der Waals surface area contributed by atoms with Crippen molar-refractivity contribution >= 4 is 45.7 Å². The highest BCUT2D eigenvalue weighted by Gasteiger charge is 2.08. The van der Waals surface area contributed by atoms with E-state index in [2.05, 4.69) is 47.0 Å². The number of hydrogen-bond donors (Lipinski definition) is 1. The Morgan fingerprint density at radius 3 is 2.74 bits per heavy atom. The van der Waals surface area contributed by atoms with Crippen LogP contribution >= 0.6 is 34.4 Å². The van der Waals surface area contributed by atoms with E-state index in [4.69, 9.17) is 0 Å². The molecule has 2 rings (SSSR count). The van der Waals surface area contributed by atoms with Crippen LogP contribution in [0.25, 0.3) is 0 Å². The molecule has 0 aliphatic heterocycles. The first-order chi connectivity index (χ1) is 9.24.